The van der Waals surface area contributed by atoms with Crippen LogP contribution in [0.4, 0.5) is 5.82 Å². The zero-order valence-electron chi connectivity index (χ0n) is 13.4. The van der Waals surface area contributed by atoms with Crippen molar-refractivity contribution in [2.24, 2.45) is 0 Å². The first-order valence-electron chi connectivity index (χ1n) is 7.59. The Balaban J connectivity index is 1.57. The molecular weight excluding hydrogens is 280 g/mol. The van der Waals surface area contributed by atoms with E-state index in [1.807, 2.05) is 0 Å². The summed E-state index contributed by atoms with van der Waals surface area (Å²) in [6.45, 7) is 10.9. The molecule has 0 N–H and O–H groups in total. The van der Waals surface area contributed by atoms with E-state index in [2.05, 4.69) is 63.1 Å². The lowest BCUT2D eigenvalue weighted by atomic mass is 9.92. The van der Waals surface area contributed by atoms with E-state index in [9.17, 15) is 0 Å². The second kappa shape index (κ2) is 6.00. The SMILES string of the molecule is CC(C)(C)c1ccc(N2CCN(Cc3nnco3)CC2)nn1. The first-order chi connectivity index (χ1) is 10.5. The van der Waals surface area contributed by atoms with Crippen molar-refractivity contribution in [3.8, 4) is 0 Å². The minimum absolute atomic E-state index is 0.0360. The highest BCUT2D eigenvalue weighted by Gasteiger charge is 2.21. The van der Waals surface area contributed by atoms with Crippen LogP contribution in [0, 0.1) is 0 Å². The van der Waals surface area contributed by atoms with Crippen molar-refractivity contribution in [1.82, 2.24) is 25.3 Å². The van der Waals surface area contributed by atoms with Crippen LogP contribution in [0.1, 0.15) is 32.4 Å². The molecule has 7 nitrogen and oxygen atoms in total. The van der Waals surface area contributed by atoms with Crippen molar-refractivity contribution >= 4 is 5.82 Å². The summed E-state index contributed by atoms with van der Waals surface area (Å²) >= 11 is 0. The van der Waals surface area contributed by atoms with E-state index < -0.39 is 0 Å². The van der Waals surface area contributed by atoms with Gasteiger partial charge in [0.2, 0.25) is 12.3 Å². The van der Waals surface area contributed by atoms with E-state index in [1.54, 1.807) is 0 Å². The Morgan fingerprint density at radius 1 is 1.05 bits per heavy atom. The molecule has 1 aliphatic heterocycles. The fourth-order valence-corrected chi connectivity index (χ4v) is 2.49. The highest BCUT2D eigenvalue weighted by molar-refractivity contribution is 5.38. The second-order valence-electron chi connectivity index (χ2n) is 6.62. The van der Waals surface area contributed by atoms with Crippen LogP contribution >= 0.6 is 0 Å². The molecule has 22 heavy (non-hydrogen) atoms. The smallest absolute Gasteiger partial charge is 0.230 e. The summed E-state index contributed by atoms with van der Waals surface area (Å²) in [7, 11) is 0. The monoisotopic (exact) mass is 302 g/mol. The molecule has 0 aliphatic carbocycles. The molecule has 3 rings (SSSR count). The second-order valence-corrected chi connectivity index (χ2v) is 6.62. The summed E-state index contributed by atoms with van der Waals surface area (Å²) in [5.41, 5.74) is 1.06. The molecule has 0 radical (unpaired) electrons. The summed E-state index contributed by atoms with van der Waals surface area (Å²) in [5.74, 6) is 1.62. The normalized spacial score (nSPS) is 17.0. The topological polar surface area (TPSA) is 71.2 Å². The first-order valence-corrected chi connectivity index (χ1v) is 7.59. The van der Waals surface area contributed by atoms with Gasteiger partial charge < -0.3 is 9.32 Å². The van der Waals surface area contributed by atoms with Crippen LogP contribution in [0.2, 0.25) is 0 Å². The Labute approximate surface area is 130 Å². The molecule has 0 aromatic carbocycles. The number of hydrogen-bond donors (Lipinski definition) is 0. The first kappa shape index (κ1) is 14.9. The largest absolute Gasteiger partial charge is 0.427 e. The standard InChI is InChI=1S/C15H22N6O/c1-15(2,3)12-4-5-13(18-17-12)21-8-6-20(7-9-21)10-14-19-16-11-22-14/h4-5,11H,6-10H2,1-3H3. The third-order valence-electron chi connectivity index (χ3n) is 3.88. The molecule has 0 amide bonds. The van der Waals surface area contributed by atoms with Gasteiger partial charge >= 0.3 is 0 Å². The van der Waals surface area contributed by atoms with E-state index in [1.165, 1.54) is 6.39 Å². The van der Waals surface area contributed by atoms with Gasteiger partial charge in [-0.2, -0.15) is 5.10 Å². The van der Waals surface area contributed by atoms with E-state index in [-0.39, 0.29) is 5.41 Å². The summed E-state index contributed by atoms with van der Waals surface area (Å²) in [5, 5.41) is 16.4. The zero-order chi connectivity index (χ0) is 15.6. The van der Waals surface area contributed by atoms with E-state index in [4.69, 9.17) is 4.42 Å². The molecule has 0 bridgehead atoms. The summed E-state index contributed by atoms with van der Waals surface area (Å²) < 4.78 is 5.19. The Morgan fingerprint density at radius 2 is 1.82 bits per heavy atom. The van der Waals surface area contributed by atoms with Gasteiger partial charge in [-0.3, -0.25) is 4.90 Å². The molecule has 0 atom stereocenters. The predicted octanol–water partition coefficient (Wildman–Crippen LogP) is 1.48. The summed E-state index contributed by atoms with van der Waals surface area (Å²) in [6, 6.07) is 4.15. The van der Waals surface area contributed by atoms with E-state index in [0.29, 0.717) is 12.4 Å². The van der Waals surface area contributed by atoms with Crippen molar-refractivity contribution in [2.75, 3.05) is 31.1 Å². The number of piperazine rings is 1. The average Bonchev–Trinajstić information content (AvgIpc) is 3.00. The Morgan fingerprint density at radius 3 is 2.36 bits per heavy atom. The lowest BCUT2D eigenvalue weighted by Crippen LogP contribution is -2.46. The van der Waals surface area contributed by atoms with Gasteiger partial charge in [-0.05, 0) is 12.1 Å². The lowest BCUT2D eigenvalue weighted by Gasteiger charge is -2.34. The van der Waals surface area contributed by atoms with E-state index in [0.717, 1.165) is 37.7 Å². The van der Waals surface area contributed by atoms with Gasteiger partial charge in [-0.25, -0.2) is 0 Å². The number of nitrogens with zero attached hydrogens (tertiary/aromatic N) is 6. The Hall–Kier alpha value is -2.02. The zero-order valence-corrected chi connectivity index (χ0v) is 13.4. The van der Waals surface area contributed by atoms with Crippen LogP contribution in [0.5, 0.6) is 0 Å². The van der Waals surface area contributed by atoms with Crippen molar-refractivity contribution in [2.45, 2.75) is 32.7 Å². The maximum Gasteiger partial charge on any atom is 0.230 e. The fraction of sp³-hybridized carbons (Fsp3) is 0.600. The van der Waals surface area contributed by atoms with Gasteiger partial charge in [0.1, 0.15) is 0 Å². The highest BCUT2D eigenvalue weighted by Crippen LogP contribution is 2.21. The van der Waals surface area contributed by atoms with Crippen molar-refractivity contribution in [3.05, 3.63) is 30.1 Å². The lowest BCUT2D eigenvalue weighted by molar-refractivity contribution is 0.225. The van der Waals surface area contributed by atoms with Crippen LogP contribution < -0.4 is 4.90 Å². The number of hydrogen-bond acceptors (Lipinski definition) is 7. The number of aromatic nitrogens is 4. The third-order valence-corrected chi connectivity index (χ3v) is 3.88. The van der Waals surface area contributed by atoms with Crippen molar-refractivity contribution < 1.29 is 4.42 Å². The maximum absolute atomic E-state index is 5.19. The number of rotatable bonds is 3. The molecule has 2 aromatic rings. The van der Waals surface area contributed by atoms with Gasteiger partial charge in [0, 0.05) is 31.6 Å². The van der Waals surface area contributed by atoms with Gasteiger partial charge in [-0.15, -0.1) is 15.3 Å². The highest BCUT2D eigenvalue weighted by atomic mass is 16.4. The van der Waals surface area contributed by atoms with Gasteiger partial charge in [0.15, 0.2) is 5.82 Å². The minimum Gasteiger partial charge on any atom is -0.427 e. The molecule has 1 aliphatic rings. The molecule has 3 heterocycles. The van der Waals surface area contributed by atoms with Crippen LogP contribution in [0.15, 0.2) is 22.9 Å². The van der Waals surface area contributed by atoms with Gasteiger partial charge in [-0.1, -0.05) is 20.8 Å². The Bertz CT molecular complexity index is 581. The molecule has 0 unspecified atom stereocenters. The van der Waals surface area contributed by atoms with E-state index >= 15 is 0 Å². The number of anilines is 1. The quantitative estimate of drug-likeness (QED) is 0.850. The summed E-state index contributed by atoms with van der Waals surface area (Å²) in [6.07, 6.45) is 1.37. The molecule has 2 aromatic heterocycles. The van der Waals surface area contributed by atoms with Crippen molar-refractivity contribution in [1.29, 1.82) is 0 Å². The molecule has 0 saturated carbocycles. The molecule has 7 heteroatoms. The third kappa shape index (κ3) is 3.41. The van der Waals surface area contributed by atoms with Crippen LogP contribution in [-0.2, 0) is 12.0 Å². The van der Waals surface area contributed by atoms with Gasteiger partial charge in [0.05, 0.1) is 12.2 Å². The van der Waals surface area contributed by atoms with Crippen LogP contribution in [0.3, 0.4) is 0 Å². The molecule has 1 saturated heterocycles. The molecule has 118 valence electrons. The average molecular weight is 302 g/mol. The Kier molecular flexibility index (Phi) is 4.06. The van der Waals surface area contributed by atoms with Gasteiger partial charge in [0.25, 0.3) is 0 Å². The van der Waals surface area contributed by atoms with Crippen molar-refractivity contribution in [3.63, 3.8) is 0 Å². The fourth-order valence-electron chi connectivity index (χ4n) is 2.49. The molecule has 1 fully saturated rings. The maximum atomic E-state index is 5.19. The van der Waals surface area contributed by atoms with Crippen LogP contribution in [-0.4, -0.2) is 51.5 Å². The summed E-state index contributed by atoms with van der Waals surface area (Å²) in [4.78, 5) is 4.57. The predicted molar refractivity (Wildman–Crippen MR) is 82.5 cm³/mol. The molecule has 0 spiro atoms. The molecular formula is C15H22N6O. The minimum atomic E-state index is 0.0360. The van der Waals surface area contributed by atoms with Crippen LogP contribution in [0.25, 0.3) is 0 Å².